The lowest BCUT2D eigenvalue weighted by Crippen LogP contribution is -2.45. The van der Waals surface area contributed by atoms with Crippen molar-refractivity contribution in [2.75, 3.05) is 20.2 Å². The predicted molar refractivity (Wildman–Crippen MR) is 72.4 cm³/mol. The van der Waals surface area contributed by atoms with Gasteiger partial charge in [0.05, 0.1) is 0 Å². The fourth-order valence-electron chi connectivity index (χ4n) is 2.31. The second kappa shape index (κ2) is 7.43. The van der Waals surface area contributed by atoms with E-state index in [2.05, 4.69) is 4.72 Å². The number of nitrogens with zero attached hydrogens (tertiary/aromatic N) is 1. The molecule has 6 heteroatoms. The molecule has 1 rings (SSSR count). The van der Waals surface area contributed by atoms with Crippen LogP contribution in [-0.4, -0.2) is 44.1 Å². The van der Waals surface area contributed by atoms with Gasteiger partial charge in [0.1, 0.15) is 0 Å². The Labute approximate surface area is 111 Å². The van der Waals surface area contributed by atoms with Crippen LogP contribution in [-0.2, 0) is 10.2 Å². The van der Waals surface area contributed by atoms with E-state index in [9.17, 15) is 8.42 Å². The third-order valence-corrected chi connectivity index (χ3v) is 5.29. The van der Waals surface area contributed by atoms with Gasteiger partial charge in [-0.25, -0.2) is 4.72 Å². The SMILES string of the molecule is CC(CCO)CNS(=O)(=O)N(C)C1CCCCC1. The summed E-state index contributed by atoms with van der Waals surface area (Å²) in [6.07, 6.45) is 5.99. The van der Waals surface area contributed by atoms with E-state index < -0.39 is 10.2 Å². The van der Waals surface area contributed by atoms with Crippen LogP contribution in [0.5, 0.6) is 0 Å². The molecule has 108 valence electrons. The van der Waals surface area contributed by atoms with Crippen LogP contribution in [0, 0.1) is 5.92 Å². The molecule has 0 bridgehead atoms. The Kier molecular flexibility index (Phi) is 6.55. The molecule has 0 saturated heterocycles. The molecule has 1 aliphatic carbocycles. The monoisotopic (exact) mass is 278 g/mol. The number of nitrogens with one attached hydrogen (secondary N) is 1. The van der Waals surface area contributed by atoms with Crippen LogP contribution in [0.15, 0.2) is 0 Å². The van der Waals surface area contributed by atoms with E-state index in [1.165, 1.54) is 10.7 Å². The van der Waals surface area contributed by atoms with Crippen LogP contribution in [0.4, 0.5) is 0 Å². The van der Waals surface area contributed by atoms with Crippen LogP contribution in [0.1, 0.15) is 45.4 Å². The zero-order chi connectivity index (χ0) is 13.6. The summed E-state index contributed by atoms with van der Waals surface area (Å²) >= 11 is 0. The second-order valence-electron chi connectivity index (χ2n) is 5.28. The molecule has 2 N–H and O–H groups in total. The Balaban J connectivity index is 2.46. The number of aliphatic hydroxyl groups excluding tert-OH is 1. The predicted octanol–water partition coefficient (Wildman–Crippen LogP) is 1.10. The molecular weight excluding hydrogens is 252 g/mol. The van der Waals surface area contributed by atoms with Crippen LogP contribution < -0.4 is 4.72 Å². The van der Waals surface area contributed by atoms with Crippen molar-refractivity contribution in [2.45, 2.75) is 51.5 Å². The quantitative estimate of drug-likeness (QED) is 0.733. The summed E-state index contributed by atoms with van der Waals surface area (Å²) in [5.41, 5.74) is 0. The zero-order valence-electron chi connectivity index (χ0n) is 11.4. The van der Waals surface area contributed by atoms with Crippen LogP contribution in [0.3, 0.4) is 0 Å². The Morgan fingerprint density at radius 2 is 1.94 bits per heavy atom. The van der Waals surface area contributed by atoms with Gasteiger partial charge in [0, 0.05) is 26.2 Å². The van der Waals surface area contributed by atoms with E-state index in [4.69, 9.17) is 5.11 Å². The third kappa shape index (κ3) is 4.84. The minimum atomic E-state index is -3.37. The molecule has 0 spiro atoms. The zero-order valence-corrected chi connectivity index (χ0v) is 12.2. The molecule has 1 aliphatic rings. The van der Waals surface area contributed by atoms with E-state index in [-0.39, 0.29) is 18.6 Å². The van der Waals surface area contributed by atoms with Crippen molar-refractivity contribution in [1.29, 1.82) is 0 Å². The molecule has 0 aromatic carbocycles. The van der Waals surface area contributed by atoms with Gasteiger partial charge in [0.2, 0.25) is 0 Å². The van der Waals surface area contributed by atoms with Crippen molar-refractivity contribution < 1.29 is 13.5 Å². The minimum absolute atomic E-state index is 0.0986. The van der Waals surface area contributed by atoms with Crippen molar-refractivity contribution in [3.8, 4) is 0 Å². The molecule has 0 aromatic rings. The average Bonchev–Trinajstić information content (AvgIpc) is 2.37. The molecule has 18 heavy (non-hydrogen) atoms. The average molecular weight is 278 g/mol. The summed E-state index contributed by atoms with van der Waals surface area (Å²) in [5, 5.41) is 8.79. The molecule has 0 heterocycles. The Morgan fingerprint density at radius 3 is 2.50 bits per heavy atom. The van der Waals surface area contributed by atoms with Gasteiger partial charge in [-0.2, -0.15) is 12.7 Å². The van der Waals surface area contributed by atoms with Crippen molar-refractivity contribution in [2.24, 2.45) is 5.92 Å². The molecule has 0 aliphatic heterocycles. The van der Waals surface area contributed by atoms with Crippen molar-refractivity contribution in [1.82, 2.24) is 9.03 Å². The normalized spacial score (nSPS) is 20.2. The van der Waals surface area contributed by atoms with Crippen molar-refractivity contribution >= 4 is 10.2 Å². The van der Waals surface area contributed by atoms with Gasteiger partial charge in [-0.05, 0) is 25.2 Å². The van der Waals surface area contributed by atoms with E-state index >= 15 is 0 Å². The number of rotatable bonds is 7. The second-order valence-corrected chi connectivity index (χ2v) is 7.09. The first-order valence-corrected chi connectivity index (χ1v) is 8.25. The summed E-state index contributed by atoms with van der Waals surface area (Å²) in [5.74, 6) is 0.157. The molecule has 5 nitrogen and oxygen atoms in total. The lowest BCUT2D eigenvalue weighted by atomic mass is 9.96. The number of aliphatic hydroxyl groups is 1. The first kappa shape index (κ1) is 15.9. The smallest absolute Gasteiger partial charge is 0.279 e. The van der Waals surface area contributed by atoms with Gasteiger partial charge in [-0.15, -0.1) is 0 Å². The van der Waals surface area contributed by atoms with E-state index in [0.717, 1.165) is 25.7 Å². The topological polar surface area (TPSA) is 69.6 Å². The van der Waals surface area contributed by atoms with Crippen LogP contribution in [0.25, 0.3) is 0 Å². The van der Waals surface area contributed by atoms with Crippen molar-refractivity contribution in [3.63, 3.8) is 0 Å². The standard InChI is InChI=1S/C12H26N2O3S/c1-11(8-9-15)10-13-18(16,17)14(2)12-6-4-3-5-7-12/h11-13,15H,3-10H2,1-2H3. The number of hydrogen-bond acceptors (Lipinski definition) is 3. The Morgan fingerprint density at radius 1 is 1.33 bits per heavy atom. The third-order valence-electron chi connectivity index (χ3n) is 3.70. The maximum absolute atomic E-state index is 12.1. The molecule has 1 unspecified atom stereocenters. The largest absolute Gasteiger partial charge is 0.396 e. The fraction of sp³-hybridized carbons (Fsp3) is 1.00. The molecule has 0 aromatic heterocycles. The lowest BCUT2D eigenvalue weighted by Gasteiger charge is -2.30. The fourth-order valence-corrected chi connectivity index (χ4v) is 3.61. The lowest BCUT2D eigenvalue weighted by molar-refractivity contribution is 0.260. The number of hydrogen-bond donors (Lipinski definition) is 2. The highest BCUT2D eigenvalue weighted by Crippen LogP contribution is 2.22. The summed E-state index contributed by atoms with van der Waals surface area (Å²) in [4.78, 5) is 0. The molecular formula is C12H26N2O3S. The maximum atomic E-state index is 12.1. The summed E-state index contributed by atoms with van der Waals surface area (Å²) in [6.45, 7) is 2.42. The van der Waals surface area contributed by atoms with Gasteiger partial charge < -0.3 is 5.11 Å². The minimum Gasteiger partial charge on any atom is -0.396 e. The summed E-state index contributed by atoms with van der Waals surface area (Å²) < 4.78 is 28.3. The van der Waals surface area contributed by atoms with Gasteiger partial charge in [-0.1, -0.05) is 26.2 Å². The first-order chi connectivity index (χ1) is 8.47. The molecule has 0 amide bonds. The van der Waals surface area contributed by atoms with E-state index in [0.29, 0.717) is 13.0 Å². The highest BCUT2D eigenvalue weighted by Gasteiger charge is 2.27. The summed E-state index contributed by atoms with van der Waals surface area (Å²) in [6, 6.07) is 0.143. The highest BCUT2D eigenvalue weighted by molar-refractivity contribution is 7.87. The Hall–Kier alpha value is -0.170. The Bertz CT molecular complexity index is 326. The summed E-state index contributed by atoms with van der Waals surface area (Å²) in [7, 11) is -1.71. The molecule has 1 saturated carbocycles. The van der Waals surface area contributed by atoms with Crippen molar-refractivity contribution in [3.05, 3.63) is 0 Å². The molecule has 1 atom stereocenters. The van der Waals surface area contributed by atoms with Gasteiger partial charge in [-0.3, -0.25) is 0 Å². The highest BCUT2D eigenvalue weighted by atomic mass is 32.2. The maximum Gasteiger partial charge on any atom is 0.279 e. The van der Waals surface area contributed by atoms with Crippen LogP contribution in [0.2, 0.25) is 0 Å². The van der Waals surface area contributed by atoms with Gasteiger partial charge >= 0.3 is 0 Å². The van der Waals surface area contributed by atoms with Gasteiger partial charge in [0.25, 0.3) is 10.2 Å². The van der Waals surface area contributed by atoms with E-state index in [1.807, 2.05) is 6.92 Å². The first-order valence-electron chi connectivity index (χ1n) is 6.81. The molecule has 1 fully saturated rings. The van der Waals surface area contributed by atoms with Crippen LogP contribution >= 0.6 is 0 Å². The van der Waals surface area contributed by atoms with Gasteiger partial charge in [0.15, 0.2) is 0 Å². The molecule has 0 radical (unpaired) electrons. The van der Waals surface area contributed by atoms with E-state index in [1.54, 1.807) is 7.05 Å².